The normalized spacial score (nSPS) is 11.1. The molecule has 0 spiro atoms. The van der Waals surface area contributed by atoms with Gasteiger partial charge in [0.25, 0.3) is 0 Å². The van der Waals surface area contributed by atoms with Gasteiger partial charge in [-0.15, -0.1) is 0 Å². The van der Waals surface area contributed by atoms with Crippen molar-refractivity contribution in [3.05, 3.63) is 0 Å². The first-order valence-electron chi connectivity index (χ1n) is 12.9. The first kappa shape index (κ1) is 45.3. The van der Waals surface area contributed by atoms with Crippen molar-refractivity contribution in [3.8, 4) is 0 Å². The van der Waals surface area contributed by atoms with Gasteiger partial charge in [0.05, 0.1) is 32.6 Å². The van der Waals surface area contributed by atoms with Crippen LogP contribution in [0.4, 0.5) is 0 Å². The molecule has 0 aliphatic rings. The third-order valence-corrected chi connectivity index (χ3v) is 6.08. The number of nitrogens with one attached hydrogen (secondary N) is 7. The molecule has 0 aromatic rings. The van der Waals surface area contributed by atoms with Crippen LogP contribution < -0.4 is 31.9 Å². The topological polar surface area (TPSA) is 302 Å². The fraction of sp³-hybridized carbons (Fsp3) is 0.500. The molecule has 0 heterocycles. The Kier molecular flexibility index (Phi) is 23.4. The number of thiol groups is 2. The number of hydrogen-bond donors (Lipinski definition) is 9. The van der Waals surface area contributed by atoms with Crippen LogP contribution in [-0.4, -0.2) is 150 Å². The number of amides is 6. The summed E-state index contributed by atoms with van der Waals surface area (Å²) in [5.74, 6) is -9.97. The molecule has 0 radical (unpaired) electrons. The molecule has 7 N–H and O–H groups in total. The van der Waals surface area contributed by atoms with Crippen LogP contribution in [-0.2, 0) is 62.2 Å². The summed E-state index contributed by atoms with van der Waals surface area (Å²) in [5, 5.41) is 17.8. The van der Waals surface area contributed by atoms with Crippen LogP contribution in [0.15, 0.2) is 0 Å². The average Bonchev–Trinajstić information content (AvgIpc) is 2.99. The second-order valence-corrected chi connectivity index (χ2v) is 9.85. The summed E-state index contributed by atoms with van der Waals surface area (Å²) in [6.07, 6.45) is -1.04. The Balaban J connectivity index is 0. The van der Waals surface area contributed by atoms with E-state index in [0.717, 1.165) is 13.8 Å². The van der Waals surface area contributed by atoms with E-state index in [1.807, 2.05) is 0 Å². The van der Waals surface area contributed by atoms with Gasteiger partial charge in [0.15, 0.2) is 17.5 Å². The molecule has 0 aliphatic heterocycles. The number of hydrogen-bond acceptors (Lipinski definition) is 16. The molecule has 0 rings (SSSR count). The molecule has 0 saturated heterocycles. The molecule has 0 unspecified atom stereocenters. The number of ketones is 2. The summed E-state index contributed by atoms with van der Waals surface area (Å²) in [6.45, 7) is -1.44. The Morgan fingerprint density at radius 3 is 1.19 bits per heavy atom. The Bertz CT molecular complexity index is 1170. The second-order valence-electron chi connectivity index (χ2n) is 8.81. The van der Waals surface area contributed by atoms with E-state index < -0.39 is 133 Å². The summed E-state index contributed by atoms with van der Waals surface area (Å²) in [4.78, 5) is 127. The Hall–Kier alpha value is -3.86. The van der Waals surface area contributed by atoms with Crippen LogP contribution in [0.3, 0.4) is 0 Å². The number of carbonyl (C=O) groups is 11. The maximum atomic E-state index is 11.8. The van der Waals surface area contributed by atoms with E-state index in [1.165, 1.54) is 0 Å². The monoisotopic (exact) mass is 715 g/mol. The summed E-state index contributed by atoms with van der Waals surface area (Å²) < 4.78 is 9.03. The van der Waals surface area contributed by atoms with E-state index in [-0.39, 0.29) is 29.6 Å². The van der Waals surface area contributed by atoms with Crippen LogP contribution in [0.25, 0.3) is 0 Å². The maximum absolute atomic E-state index is 11.8. The Morgan fingerprint density at radius 1 is 0.511 bits per heavy atom. The van der Waals surface area contributed by atoms with Crippen molar-refractivity contribution >= 4 is 126 Å². The zero-order valence-electron chi connectivity index (χ0n) is 24.5. The van der Waals surface area contributed by atoms with Crippen LogP contribution in [0, 0.1) is 5.41 Å². The first-order valence-corrected chi connectivity index (χ1v) is 14.0. The zero-order valence-corrected chi connectivity index (χ0v) is 26.3. The van der Waals surface area contributed by atoms with E-state index >= 15 is 0 Å². The fourth-order valence-corrected chi connectivity index (χ4v) is 2.68. The van der Waals surface area contributed by atoms with Crippen LogP contribution in [0.1, 0.15) is 26.7 Å². The molecule has 20 nitrogen and oxygen atoms in total. The zero-order chi connectivity index (χ0) is 35.4. The fourth-order valence-electron chi connectivity index (χ4n) is 2.50. The molecule has 0 fully saturated rings. The van der Waals surface area contributed by atoms with Crippen LogP contribution in [0.5, 0.6) is 0 Å². The van der Waals surface area contributed by atoms with Crippen molar-refractivity contribution in [3.63, 3.8) is 0 Å². The number of ether oxygens (including phenoxy) is 2. The Labute approximate surface area is 300 Å². The van der Waals surface area contributed by atoms with Gasteiger partial charge in [-0.3, -0.25) is 48.6 Å². The molecular formula is C24H34N7NaO13S2. The summed E-state index contributed by atoms with van der Waals surface area (Å²) in [7, 11) is 0. The third-order valence-electron chi connectivity index (χ3n) is 4.89. The van der Waals surface area contributed by atoms with Crippen LogP contribution >= 0.6 is 25.3 Å². The van der Waals surface area contributed by atoms with Gasteiger partial charge in [0.2, 0.25) is 35.4 Å². The van der Waals surface area contributed by atoms with Crippen molar-refractivity contribution in [2.45, 2.75) is 37.2 Å². The number of rotatable bonds is 19. The molecule has 0 saturated carbocycles. The van der Waals surface area contributed by atoms with Gasteiger partial charge in [-0.1, -0.05) is 0 Å². The van der Waals surface area contributed by atoms with E-state index in [0.29, 0.717) is 0 Å². The van der Waals surface area contributed by atoms with E-state index in [2.05, 4.69) is 66.6 Å². The predicted octanol–water partition coefficient (Wildman–Crippen LogP) is -5.82. The summed E-state index contributed by atoms with van der Waals surface area (Å²) >= 11 is 7.52. The minimum atomic E-state index is -1.25. The van der Waals surface area contributed by atoms with E-state index in [1.54, 1.807) is 0 Å². The number of esters is 3. The third kappa shape index (κ3) is 22.3. The summed E-state index contributed by atoms with van der Waals surface area (Å²) in [6, 6.07) is 0. The Morgan fingerprint density at radius 2 is 0.830 bits per heavy atom. The molecule has 0 aromatic heterocycles. The molecule has 0 bridgehead atoms. The van der Waals surface area contributed by atoms with Crippen LogP contribution in [0.2, 0.25) is 0 Å². The standard InChI is InChI=1S/C24H33N7O13S2.Na.H/c1-11(32)21(45)23(41)30-7-16(36)26-5-14(34)28-9-19(39)43-13(25)3-4-18(38)44-20(40)10-29-15(35)6-27-17(37)8-31-24(42)22(46)12(2)33;;/h21-22,25,45-46H,3-10H2,1-2H3,(H,26,36)(H,27,37)(H,28,34)(H,29,35)(H,30,41)(H,31,42);;/t21-,22-;;/m0../s1. The van der Waals surface area contributed by atoms with Crippen molar-refractivity contribution in [2.75, 3.05) is 39.3 Å². The predicted molar refractivity (Wildman–Crippen MR) is 166 cm³/mol. The van der Waals surface area contributed by atoms with Crippen molar-refractivity contribution in [1.29, 1.82) is 5.41 Å². The molecular weight excluding hydrogens is 681 g/mol. The minimum absolute atomic E-state index is 0. The molecule has 0 aromatic carbocycles. The molecule has 0 aliphatic carbocycles. The SMILES string of the molecule is CC(=O)[C@H](S)C(=O)NCC(=O)NCC(=O)NCC(=O)OC(=N)CCC(=O)OC(=O)CNC(=O)CNC(=O)CNC(=O)[C@@H](S)C(C)=O.[NaH]. The van der Waals surface area contributed by atoms with Gasteiger partial charge in [-0.05, 0) is 13.8 Å². The quantitative estimate of drug-likeness (QED) is 0.0151. The van der Waals surface area contributed by atoms with Crippen molar-refractivity contribution < 1.29 is 62.2 Å². The van der Waals surface area contributed by atoms with Gasteiger partial charge < -0.3 is 41.4 Å². The van der Waals surface area contributed by atoms with E-state index in [9.17, 15) is 52.7 Å². The van der Waals surface area contributed by atoms with Gasteiger partial charge in [0, 0.05) is 6.42 Å². The molecule has 2 atom stereocenters. The first-order chi connectivity index (χ1) is 21.4. The van der Waals surface area contributed by atoms with Gasteiger partial charge >= 0.3 is 47.5 Å². The second kappa shape index (κ2) is 24.3. The number of carbonyl (C=O) groups excluding carboxylic acids is 11. The average molecular weight is 716 g/mol. The molecule has 6 amide bonds. The molecule has 23 heteroatoms. The van der Waals surface area contributed by atoms with Gasteiger partial charge in [0.1, 0.15) is 23.6 Å². The van der Waals surface area contributed by atoms with Crippen molar-refractivity contribution in [1.82, 2.24) is 31.9 Å². The molecule has 47 heavy (non-hydrogen) atoms. The molecule has 256 valence electrons. The van der Waals surface area contributed by atoms with E-state index in [4.69, 9.17) is 5.41 Å². The summed E-state index contributed by atoms with van der Waals surface area (Å²) in [5.41, 5.74) is 0. The van der Waals surface area contributed by atoms with Gasteiger partial charge in [-0.2, -0.15) is 25.3 Å². The van der Waals surface area contributed by atoms with Crippen molar-refractivity contribution in [2.24, 2.45) is 0 Å². The van der Waals surface area contributed by atoms with Gasteiger partial charge in [-0.25, -0.2) is 9.59 Å². The number of Topliss-reactive ketones (excluding diaryl/α,β-unsaturated/α-hetero) is 2.